The average Bonchev–Trinajstić information content (AvgIpc) is 2.11. The molecule has 0 N–H and O–H groups in total. The zero-order valence-corrected chi connectivity index (χ0v) is 8.18. The van der Waals surface area contributed by atoms with Crippen molar-refractivity contribution in [2.75, 3.05) is 6.61 Å². The van der Waals surface area contributed by atoms with E-state index in [-0.39, 0.29) is 0 Å². The van der Waals surface area contributed by atoms with Crippen molar-refractivity contribution in [2.24, 2.45) is 0 Å². The van der Waals surface area contributed by atoms with Gasteiger partial charge in [0.2, 0.25) is 0 Å². The zero-order valence-electron chi connectivity index (χ0n) is 8.18. The summed E-state index contributed by atoms with van der Waals surface area (Å²) in [6.45, 7) is 3.11. The van der Waals surface area contributed by atoms with Crippen molar-refractivity contribution in [3.63, 3.8) is 0 Å². The van der Waals surface area contributed by atoms with Crippen LogP contribution in [0.15, 0.2) is 18.2 Å². The second-order valence-corrected chi connectivity index (χ2v) is 3.62. The molecule has 1 nitrogen and oxygen atoms in total. The fraction of sp³-hybridized carbons (Fsp3) is 0.500. The summed E-state index contributed by atoms with van der Waals surface area (Å²) in [5.41, 5.74) is 0. The summed E-state index contributed by atoms with van der Waals surface area (Å²) in [6, 6.07) is 6.37. The first-order valence-corrected chi connectivity index (χ1v) is 5.19. The van der Waals surface area contributed by atoms with Crippen molar-refractivity contribution in [1.82, 2.24) is 0 Å². The third-order valence-corrected chi connectivity index (χ3v) is 2.55. The van der Waals surface area contributed by atoms with Gasteiger partial charge in [0.1, 0.15) is 5.75 Å². The van der Waals surface area contributed by atoms with Crippen LogP contribution in [0.5, 0.6) is 5.75 Å². The fourth-order valence-corrected chi connectivity index (χ4v) is 1.58. The Bertz CT molecular complexity index is 367. The molecule has 0 spiro atoms. The van der Waals surface area contributed by atoms with Crippen LogP contribution in [0.3, 0.4) is 0 Å². The van der Waals surface area contributed by atoms with E-state index in [2.05, 4.69) is 25.1 Å². The van der Waals surface area contributed by atoms with Gasteiger partial charge in [0, 0.05) is 5.22 Å². The van der Waals surface area contributed by atoms with E-state index in [9.17, 15) is 0 Å². The lowest BCUT2D eigenvalue weighted by Crippen LogP contribution is -2.01. The van der Waals surface area contributed by atoms with E-state index in [1.807, 2.05) is 0 Å². The van der Waals surface area contributed by atoms with Crippen molar-refractivity contribution < 1.29 is 4.74 Å². The van der Waals surface area contributed by atoms with Crippen molar-refractivity contribution in [2.45, 2.75) is 32.6 Å². The van der Waals surface area contributed by atoms with Crippen molar-refractivity contribution in [3.05, 3.63) is 28.6 Å². The van der Waals surface area contributed by atoms with E-state index < -0.39 is 0 Å². The number of ether oxygens (including phenoxy) is 1. The zero-order chi connectivity index (χ0) is 9.10. The van der Waals surface area contributed by atoms with E-state index in [1.165, 1.54) is 36.1 Å². The molecule has 0 amide bonds. The summed E-state index contributed by atoms with van der Waals surface area (Å²) >= 11 is 0. The number of hydrogen-bond donors (Lipinski definition) is 0. The highest BCUT2D eigenvalue weighted by atomic mass is 16.5. The van der Waals surface area contributed by atoms with Gasteiger partial charge in [-0.3, -0.25) is 0 Å². The van der Waals surface area contributed by atoms with Crippen LogP contribution in [0.4, 0.5) is 0 Å². The number of unbranched alkanes of at least 4 members (excludes halogenated alkanes) is 3. The molecule has 2 aliphatic rings. The molecule has 70 valence electrons. The molecule has 0 saturated heterocycles. The highest BCUT2D eigenvalue weighted by Crippen LogP contribution is 2.23. The molecule has 0 aromatic carbocycles. The Kier molecular flexibility index (Phi) is 2.53. The van der Waals surface area contributed by atoms with Gasteiger partial charge in [-0.25, -0.2) is 0 Å². The minimum absolute atomic E-state index is 0.885. The molecule has 0 radical (unpaired) electrons. The number of rotatable bonds is 6. The lowest BCUT2D eigenvalue weighted by molar-refractivity contribution is 0.300. The van der Waals surface area contributed by atoms with E-state index in [0.29, 0.717) is 0 Å². The first kappa shape index (κ1) is 8.61. The molecule has 0 aliphatic heterocycles. The summed E-state index contributed by atoms with van der Waals surface area (Å²) in [4.78, 5) is 0. The highest BCUT2D eigenvalue weighted by molar-refractivity contribution is 5.38. The molecule has 2 rings (SSSR count). The monoisotopic (exact) mass is 176 g/mol. The first-order chi connectivity index (χ1) is 6.42. The topological polar surface area (TPSA) is 9.23 Å². The smallest absolute Gasteiger partial charge is 0.127 e. The summed E-state index contributed by atoms with van der Waals surface area (Å²) in [5, 5.41) is 2.69. The largest absolute Gasteiger partial charge is 0.493 e. The first-order valence-electron chi connectivity index (χ1n) is 5.19. The molecule has 13 heavy (non-hydrogen) atoms. The molecule has 0 bridgehead atoms. The Labute approximate surface area is 79.0 Å². The standard InChI is InChI=1S/C12H16O/c1-2-3-4-5-8-13-12-9-10-6-7-11(10)12/h6-7,9H,2-5,8H2,1H3. The van der Waals surface area contributed by atoms with Gasteiger partial charge in [-0.15, -0.1) is 0 Å². The van der Waals surface area contributed by atoms with E-state index in [1.54, 1.807) is 0 Å². The molecular formula is C12H16O. The Balaban J connectivity index is 1.63. The minimum Gasteiger partial charge on any atom is -0.493 e. The maximum absolute atomic E-state index is 5.61. The molecule has 1 heteroatoms. The molecule has 0 aromatic rings. The molecule has 0 unspecified atom stereocenters. The van der Waals surface area contributed by atoms with Gasteiger partial charge < -0.3 is 4.74 Å². The Morgan fingerprint density at radius 3 is 2.62 bits per heavy atom. The van der Waals surface area contributed by atoms with Crippen LogP contribution < -0.4 is 4.74 Å². The van der Waals surface area contributed by atoms with Gasteiger partial charge in [0.15, 0.2) is 0 Å². The molecule has 0 heterocycles. The van der Waals surface area contributed by atoms with Crippen LogP contribution in [0.25, 0.3) is 0 Å². The maximum atomic E-state index is 5.61. The SMILES string of the molecule is CCCCCCOc1cc2ccc1=2. The van der Waals surface area contributed by atoms with Crippen molar-refractivity contribution in [3.8, 4) is 5.75 Å². The molecule has 0 aromatic heterocycles. The van der Waals surface area contributed by atoms with Crippen LogP contribution in [0.2, 0.25) is 0 Å². The van der Waals surface area contributed by atoms with Gasteiger partial charge in [-0.05, 0) is 17.7 Å². The van der Waals surface area contributed by atoms with Gasteiger partial charge in [0.25, 0.3) is 0 Å². The second-order valence-electron chi connectivity index (χ2n) is 3.62. The van der Waals surface area contributed by atoms with Crippen LogP contribution >= 0.6 is 0 Å². The van der Waals surface area contributed by atoms with Crippen LogP contribution in [-0.4, -0.2) is 6.61 Å². The fourth-order valence-electron chi connectivity index (χ4n) is 1.58. The molecule has 2 aliphatic carbocycles. The van der Waals surface area contributed by atoms with E-state index in [0.717, 1.165) is 12.4 Å². The molecule has 0 atom stereocenters. The van der Waals surface area contributed by atoms with Crippen LogP contribution in [-0.2, 0) is 0 Å². The third kappa shape index (κ3) is 1.69. The third-order valence-electron chi connectivity index (χ3n) is 2.55. The Morgan fingerprint density at radius 1 is 1.15 bits per heavy atom. The highest BCUT2D eigenvalue weighted by Gasteiger charge is 2.05. The van der Waals surface area contributed by atoms with Gasteiger partial charge in [-0.1, -0.05) is 38.3 Å². The van der Waals surface area contributed by atoms with E-state index >= 15 is 0 Å². The summed E-state index contributed by atoms with van der Waals surface area (Å²) in [5.74, 6) is 1.11. The van der Waals surface area contributed by atoms with Crippen LogP contribution in [0.1, 0.15) is 32.6 Å². The molecule has 0 saturated carbocycles. The second kappa shape index (κ2) is 3.82. The van der Waals surface area contributed by atoms with Gasteiger partial charge in [-0.2, -0.15) is 0 Å². The van der Waals surface area contributed by atoms with Crippen molar-refractivity contribution in [1.29, 1.82) is 0 Å². The van der Waals surface area contributed by atoms with Crippen molar-refractivity contribution >= 4 is 0 Å². The Hall–Kier alpha value is -0.980. The number of benzene rings is 1. The normalized spacial score (nSPS) is 11.5. The minimum atomic E-state index is 0.885. The lowest BCUT2D eigenvalue weighted by atomic mass is 10.1. The lowest BCUT2D eigenvalue weighted by Gasteiger charge is -2.12. The number of hydrogen-bond acceptors (Lipinski definition) is 1. The van der Waals surface area contributed by atoms with E-state index in [4.69, 9.17) is 4.74 Å². The van der Waals surface area contributed by atoms with Crippen LogP contribution in [0, 0.1) is 10.4 Å². The average molecular weight is 176 g/mol. The van der Waals surface area contributed by atoms with Gasteiger partial charge in [0.05, 0.1) is 6.61 Å². The maximum Gasteiger partial charge on any atom is 0.127 e. The predicted molar refractivity (Wildman–Crippen MR) is 53.8 cm³/mol. The summed E-state index contributed by atoms with van der Waals surface area (Å²) in [7, 11) is 0. The molecule has 0 fully saturated rings. The quantitative estimate of drug-likeness (QED) is 0.614. The van der Waals surface area contributed by atoms with Gasteiger partial charge >= 0.3 is 0 Å². The predicted octanol–water partition coefficient (Wildman–Crippen LogP) is 3.25. The summed E-state index contributed by atoms with van der Waals surface area (Å²) in [6.07, 6.45) is 5.11. The molecular weight excluding hydrogens is 160 g/mol. The summed E-state index contributed by atoms with van der Waals surface area (Å²) < 4.78 is 5.61. The Morgan fingerprint density at radius 2 is 2.08 bits per heavy atom.